The molecule has 0 unspecified atom stereocenters. The van der Waals surface area contributed by atoms with Crippen molar-refractivity contribution in [3.05, 3.63) is 102 Å². The second kappa shape index (κ2) is 7.75. The summed E-state index contributed by atoms with van der Waals surface area (Å²) in [4.78, 5) is 0.134. The third-order valence-electron chi connectivity index (χ3n) is 5.60. The molecule has 0 spiro atoms. The fraction of sp³-hybridized carbons (Fsp3) is 0.250. The Labute approximate surface area is 173 Å². The zero-order valence-electron chi connectivity index (χ0n) is 17.3. The van der Waals surface area contributed by atoms with E-state index in [-0.39, 0.29) is 17.9 Å². The van der Waals surface area contributed by atoms with Gasteiger partial charge >= 0.3 is 0 Å². The Kier molecular flexibility index (Phi) is 4.96. The number of piperidine rings is 1. The summed E-state index contributed by atoms with van der Waals surface area (Å²) in [7, 11) is -3.96. The first kappa shape index (κ1) is 18.6. The average Bonchev–Trinajstić information content (AvgIpc) is 2.77. The SMILES string of the molecule is [2H][C@H]1[C@@H](O)CC(c2ccccc2)(c2ccccc2)CN1S(=O)(=O)c1ccc(C)cc1. The number of β-amino-alcohol motifs (C(OH)–C–C–N with tert-alkyl or cyclic N) is 1. The first-order chi connectivity index (χ1) is 14.3. The van der Waals surface area contributed by atoms with Crippen molar-refractivity contribution in [1.82, 2.24) is 4.31 Å². The van der Waals surface area contributed by atoms with Crippen molar-refractivity contribution in [2.75, 3.05) is 13.1 Å². The molecule has 1 heterocycles. The summed E-state index contributed by atoms with van der Waals surface area (Å²) in [5.41, 5.74) is 2.05. The van der Waals surface area contributed by atoms with E-state index in [9.17, 15) is 13.5 Å². The van der Waals surface area contributed by atoms with E-state index in [1.807, 2.05) is 67.6 Å². The van der Waals surface area contributed by atoms with Crippen LogP contribution in [-0.2, 0) is 15.4 Å². The Morgan fingerprint density at radius 2 is 1.45 bits per heavy atom. The number of aliphatic hydroxyl groups excluding tert-OH is 1. The van der Waals surface area contributed by atoms with Gasteiger partial charge in [0.25, 0.3) is 0 Å². The van der Waals surface area contributed by atoms with E-state index in [4.69, 9.17) is 1.37 Å². The topological polar surface area (TPSA) is 57.6 Å². The third kappa shape index (κ3) is 3.73. The Morgan fingerprint density at radius 1 is 0.931 bits per heavy atom. The lowest BCUT2D eigenvalue weighted by Gasteiger charge is -2.45. The largest absolute Gasteiger partial charge is 0.392 e. The number of aliphatic hydroxyl groups is 1. The van der Waals surface area contributed by atoms with E-state index < -0.39 is 28.1 Å². The van der Waals surface area contributed by atoms with Gasteiger partial charge < -0.3 is 5.11 Å². The molecule has 4 rings (SSSR count). The number of hydrogen-bond acceptors (Lipinski definition) is 3. The highest BCUT2D eigenvalue weighted by Gasteiger charge is 2.45. The molecule has 1 N–H and O–H groups in total. The summed E-state index contributed by atoms with van der Waals surface area (Å²) in [6.07, 6.45) is -0.853. The van der Waals surface area contributed by atoms with Gasteiger partial charge in [0.15, 0.2) is 0 Å². The van der Waals surface area contributed by atoms with Gasteiger partial charge in [-0.05, 0) is 36.6 Å². The molecule has 2 atom stereocenters. The monoisotopic (exact) mass is 408 g/mol. The Morgan fingerprint density at radius 3 is 1.97 bits per heavy atom. The number of nitrogens with zero attached hydrogens (tertiary/aromatic N) is 1. The quantitative estimate of drug-likeness (QED) is 0.716. The maximum absolute atomic E-state index is 13.5. The van der Waals surface area contributed by atoms with Gasteiger partial charge in [-0.2, -0.15) is 4.31 Å². The van der Waals surface area contributed by atoms with Crippen LogP contribution in [0.5, 0.6) is 0 Å². The van der Waals surface area contributed by atoms with Gasteiger partial charge in [0.1, 0.15) is 0 Å². The minimum Gasteiger partial charge on any atom is -0.392 e. The molecule has 3 aromatic carbocycles. The van der Waals surface area contributed by atoms with E-state index >= 15 is 0 Å². The van der Waals surface area contributed by atoms with E-state index in [1.165, 1.54) is 0 Å². The van der Waals surface area contributed by atoms with E-state index in [0.29, 0.717) is 0 Å². The van der Waals surface area contributed by atoms with Crippen LogP contribution in [0.2, 0.25) is 0 Å². The Bertz CT molecular complexity index is 1060. The lowest BCUT2D eigenvalue weighted by molar-refractivity contribution is 0.0734. The molecule has 0 aromatic heterocycles. The molecule has 1 saturated heterocycles. The molecular weight excluding hydrogens is 382 g/mol. The van der Waals surface area contributed by atoms with Gasteiger partial charge in [-0.1, -0.05) is 78.4 Å². The maximum atomic E-state index is 13.5. The lowest BCUT2D eigenvalue weighted by Crippen LogP contribution is -2.54. The van der Waals surface area contributed by atoms with Gasteiger partial charge in [0, 0.05) is 19.9 Å². The van der Waals surface area contributed by atoms with Gasteiger partial charge in [-0.25, -0.2) is 8.42 Å². The first-order valence-electron chi connectivity index (χ1n) is 10.2. The molecule has 5 heteroatoms. The highest BCUT2D eigenvalue weighted by atomic mass is 32.2. The van der Waals surface area contributed by atoms with Crippen molar-refractivity contribution >= 4 is 10.0 Å². The highest BCUT2D eigenvalue weighted by molar-refractivity contribution is 7.89. The highest BCUT2D eigenvalue weighted by Crippen LogP contribution is 2.41. The predicted molar refractivity (Wildman–Crippen MR) is 114 cm³/mol. The number of benzene rings is 3. The Hall–Kier alpha value is -2.47. The molecule has 150 valence electrons. The molecule has 1 aliphatic rings. The van der Waals surface area contributed by atoms with Crippen molar-refractivity contribution in [2.24, 2.45) is 0 Å². The minimum atomic E-state index is -3.96. The fourth-order valence-electron chi connectivity index (χ4n) is 4.09. The zero-order chi connectivity index (χ0) is 21.4. The molecule has 1 fully saturated rings. The molecule has 3 aromatic rings. The zero-order valence-corrected chi connectivity index (χ0v) is 17.1. The fourth-order valence-corrected chi connectivity index (χ4v) is 5.54. The van der Waals surface area contributed by atoms with Crippen LogP contribution in [0.3, 0.4) is 0 Å². The van der Waals surface area contributed by atoms with Gasteiger partial charge in [0.2, 0.25) is 10.0 Å². The third-order valence-corrected chi connectivity index (χ3v) is 7.34. The summed E-state index contributed by atoms with van der Waals surface area (Å²) in [6.45, 7) is 0.712. The summed E-state index contributed by atoms with van der Waals surface area (Å²) in [5, 5.41) is 10.9. The molecule has 0 amide bonds. The van der Waals surface area contributed by atoms with Crippen molar-refractivity contribution in [2.45, 2.75) is 29.8 Å². The second-order valence-corrected chi connectivity index (χ2v) is 9.49. The van der Waals surface area contributed by atoms with Crippen molar-refractivity contribution in [1.29, 1.82) is 0 Å². The minimum absolute atomic E-state index is 0.0858. The van der Waals surface area contributed by atoms with Crippen molar-refractivity contribution in [3.8, 4) is 0 Å². The molecular formula is C24H25NO3S. The van der Waals surface area contributed by atoms with E-state index in [1.54, 1.807) is 24.3 Å². The van der Waals surface area contributed by atoms with Crippen LogP contribution in [0.1, 0.15) is 24.5 Å². The van der Waals surface area contributed by atoms with Crippen molar-refractivity contribution in [3.63, 3.8) is 0 Å². The van der Waals surface area contributed by atoms with Crippen LogP contribution in [-0.4, -0.2) is 37.0 Å². The molecule has 0 aliphatic carbocycles. The smallest absolute Gasteiger partial charge is 0.243 e. The predicted octanol–water partition coefficient (Wildman–Crippen LogP) is 3.74. The number of hydrogen-bond donors (Lipinski definition) is 1. The first-order valence-corrected chi connectivity index (χ1v) is 11.1. The van der Waals surface area contributed by atoms with Crippen LogP contribution in [0.15, 0.2) is 89.8 Å². The van der Waals surface area contributed by atoms with Gasteiger partial charge in [-0.3, -0.25) is 0 Å². The van der Waals surface area contributed by atoms with Gasteiger partial charge in [-0.15, -0.1) is 0 Å². The van der Waals surface area contributed by atoms with E-state index in [2.05, 4.69) is 0 Å². The average molecular weight is 409 g/mol. The molecule has 0 radical (unpaired) electrons. The summed E-state index contributed by atoms with van der Waals surface area (Å²) >= 11 is 0. The van der Waals surface area contributed by atoms with Crippen LogP contribution < -0.4 is 0 Å². The normalized spacial score (nSPS) is 22.8. The summed E-state index contributed by atoms with van der Waals surface area (Å²) in [5.74, 6) is 0. The van der Waals surface area contributed by atoms with Crippen LogP contribution in [0.25, 0.3) is 0 Å². The molecule has 0 saturated carbocycles. The second-order valence-electron chi connectivity index (χ2n) is 7.60. The van der Waals surface area contributed by atoms with Crippen molar-refractivity contribution < 1.29 is 14.9 Å². The number of aryl methyl sites for hydroxylation is 1. The molecule has 1 aliphatic heterocycles. The lowest BCUT2D eigenvalue weighted by atomic mass is 9.69. The van der Waals surface area contributed by atoms with Crippen LogP contribution in [0, 0.1) is 6.92 Å². The van der Waals surface area contributed by atoms with E-state index in [0.717, 1.165) is 21.0 Å². The number of rotatable bonds is 4. The molecule has 4 nitrogen and oxygen atoms in total. The standard InChI is InChI=1S/C24H25NO3S/c1-19-12-14-23(15-13-19)29(27,28)25-17-22(26)16-24(18-25,20-8-4-2-5-9-20)21-10-6-3-7-11-21/h2-15,22,26H,16-18H2,1H3/t22-/m0/s1/i17D/t17-,22-. The maximum Gasteiger partial charge on any atom is 0.243 e. The summed E-state index contributed by atoms with van der Waals surface area (Å²) in [6, 6.07) is 25.9. The van der Waals surface area contributed by atoms with Crippen LogP contribution >= 0.6 is 0 Å². The molecule has 0 bridgehead atoms. The number of sulfonamides is 1. The Balaban J connectivity index is 1.86. The van der Waals surface area contributed by atoms with Gasteiger partial charge in [0.05, 0.1) is 11.0 Å². The summed E-state index contributed by atoms with van der Waals surface area (Å²) < 4.78 is 36.6. The molecule has 29 heavy (non-hydrogen) atoms. The van der Waals surface area contributed by atoms with Crippen LogP contribution in [0.4, 0.5) is 0 Å².